The van der Waals surface area contributed by atoms with Crippen molar-refractivity contribution >= 4 is 41.5 Å². The number of benzene rings is 1. The number of aliphatic imine (C=N–C) groups is 1. The summed E-state index contributed by atoms with van der Waals surface area (Å²) in [5.41, 5.74) is 3.06. The molecule has 2 aromatic rings. The Morgan fingerprint density at radius 1 is 1.36 bits per heavy atom. The Morgan fingerprint density at radius 2 is 2.14 bits per heavy atom. The lowest BCUT2D eigenvalue weighted by Crippen LogP contribution is -2.55. The molecule has 1 aromatic heterocycles. The molecule has 2 heterocycles. The van der Waals surface area contributed by atoms with E-state index in [1.165, 1.54) is 0 Å². The molecule has 3 rings (SSSR count). The summed E-state index contributed by atoms with van der Waals surface area (Å²) in [5.74, 6) is 1.64. The molecule has 1 aromatic carbocycles. The van der Waals surface area contributed by atoms with E-state index in [0.29, 0.717) is 19.6 Å². The van der Waals surface area contributed by atoms with Gasteiger partial charge >= 0.3 is 0 Å². The van der Waals surface area contributed by atoms with E-state index in [1.54, 1.807) is 29.9 Å². The van der Waals surface area contributed by atoms with Gasteiger partial charge in [-0.15, -0.1) is 24.0 Å². The molecule has 0 bridgehead atoms. The van der Waals surface area contributed by atoms with E-state index in [0.717, 1.165) is 28.5 Å². The highest BCUT2D eigenvalue weighted by molar-refractivity contribution is 14.0. The number of ether oxygens (including phenoxy) is 1. The maximum absolute atomic E-state index is 12.6. The van der Waals surface area contributed by atoms with Crippen LogP contribution in [0.4, 0.5) is 5.69 Å². The van der Waals surface area contributed by atoms with Gasteiger partial charge in [0.25, 0.3) is 0 Å². The van der Waals surface area contributed by atoms with Crippen LogP contribution in [0.3, 0.4) is 0 Å². The lowest BCUT2D eigenvalue weighted by molar-refractivity contribution is -0.120. The summed E-state index contributed by atoms with van der Waals surface area (Å²) in [7, 11) is 5.25. The summed E-state index contributed by atoms with van der Waals surface area (Å²) < 4.78 is 7.00. The zero-order valence-electron chi connectivity index (χ0n) is 16.7. The van der Waals surface area contributed by atoms with Crippen LogP contribution in [0.15, 0.2) is 35.6 Å². The monoisotopic (exact) mass is 498 g/mol. The molecule has 1 N–H and O–H groups in total. The number of nitrogens with one attached hydrogen (secondary N) is 1. The molecule has 1 aliphatic heterocycles. The van der Waals surface area contributed by atoms with Crippen molar-refractivity contribution in [3.63, 3.8) is 0 Å². The molecule has 1 amide bonds. The Kier molecular flexibility index (Phi) is 7.67. The lowest BCUT2D eigenvalue weighted by atomic mass is 10.1. The number of hydrogen-bond acceptors (Lipinski definition) is 4. The van der Waals surface area contributed by atoms with Crippen LogP contribution in [0.2, 0.25) is 0 Å². The number of amides is 1. The first-order chi connectivity index (χ1) is 13.0. The van der Waals surface area contributed by atoms with Crippen LogP contribution in [0.5, 0.6) is 5.75 Å². The van der Waals surface area contributed by atoms with Crippen molar-refractivity contribution in [2.75, 3.05) is 38.7 Å². The van der Waals surface area contributed by atoms with Gasteiger partial charge in [0.1, 0.15) is 12.3 Å². The zero-order chi connectivity index (χ0) is 19.4. The molecule has 1 aliphatic rings. The van der Waals surface area contributed by atoms with Crippen LogP contribution >= 0.6 is 24.0 Å². The molecular weight excluding hydrogens is 471 g/mol. The number of methoxy groups -OCH3 is 1. The van der Waals surface area contributed by atoms with Gasteiger partial charge in [0.05, 0.1) is 19.0 Å². The van der Waals surface area contributed by atoms with Crippen molar-refractivity contribution < 1.29 is 9.53 Å². The average Bonchev–Trinajstić information content (AvgIpc) is 3.08. The van der Waals surface area contributed by atoms with E-state index < -0.39 is 0 Å². The Labute approximate surface area is 182 Å². The van der Waals surface area contributed by atoms with Crippen LogP contribution in [-0.2, 0) is 18.4 Å². The lowest BCUT2D eigenvalue weighted by Gasteiger charge is -2.35. The largest absolute Gasteiger partial charge is 0.496 e. The number of carbonyl (C=O) groups excluding carboxylic acids is 1. The standard InChI is InChI=1S/C19H26N6O2.HI/c1-14-9-15(5-6-17(14)27-4)10-21-19(20-2)24-7-8-25(18(26)13-24)16-11-22-23(3)12-16;/h5-6,9,11-12H,7-8,10,13H2,1-4H3,(H,20,21);1H. The number of aryl methyl sites for hydroxylation is 2. The van der Waals surface area contributed by atoms with Gasteiger partial charge in [0.15, 0.2) is 5.96 Å². The fourth-order valence-corrected chi connectivity index (χ4v) is 3.24. The van der Waals surface area contributed by atoms with E-state index >= 15 is 0 Å². The van der Waals surface area contributed by atoms with Crippen LogP contribution in [0.25, 0.3) is 0 Å². The SMILES string of the molecule is CN=C(NCc1ccc(OC)c(C)c1)N1CCN(c2cnn(C)c2)C(=O)C1.I. The van der Waals surface area contributed by atoms with Gasteiger partial charge in [-0.2, -0.15) is 5.10 Å². The van der Waals surface area contributed by atoms with Crippen molar-refractivity contribution in [2.45, 2.75) is 13.5 Å². The van der Waals surface area contributed by atoms with Gasteiger partial charge in [-0.1, -0.05) is 12.1 Å². The number of aromatic nitrogens is 2. The summed E-state index contributed by atoms with van der Waals surface area (Å²) in [6.07, 6.45) is 3.57. The molecule has 0 radical (unpaired) electrons. The minimum Gasteiger partial charge on any atom is -0.496 e. The number of hydrogen-bond donors (Lipinski definition) is 1. The maximum atomic E-state index is 12.6. The minimum absolute atomic E-state index is 0. The van der Waals surface area contributed by atoms with Crippen LogP contribution < -0.4 is 15.0 Å². The van der Waals surface area contributed by atoms with Gasteiger partial charge in [0.2, 0.25) is 5.91 Å². The summed E-state index contributed by atoms with van der Waals surface area (Å²) in [5, 5.41) is 7.49. The van der Waals surface area contributed by atoms with E-state index in [4.69, 9.17) is 4.74 Å². The highest BCUT2D eigenvalue weighted by atomic mass is 127. The molecule has 1 fully saturated rings. The number of halogens is 1. The molecule has 152 valence electrons. The molecule has 0 saturated carbocycles. The number of nitrogens with zero attached hydrogens (tertiary/aromatic N) is 5. The predicted octanol–water partition coefficient (Wildman–Crippen LogP) is 1.78. The number of guanidine groups is 1. The van der Waals surface area contributed by atoms with Crippen molar-refractivity contribution in [3.8, 4) is 5.75 Å². The third-order valence-corrected chi connectivity index (χ3v) is 4.64. The Bertz CT molecular complexity index is 851. The Balaban J connectivity index is 0.00000280. The van der Waals surface area contributed by atoms with Crippen molar-refractivity contribution in [2.24, 2.45) is 12.0 Å². The summed E-state index contributed by atoms with van der Waals surface area (Å²) in [6, 6.07) is 6.08. The molecule has 0 unspecified atom stereocenters. The van der Waals surface area contributed by atoms with Crippen LogP contribution in [0, 0.1) is 6.92 Å². The van der Waals surface area contributed by atoms with Crippen LogP contribution in [-0.4, -0.2) is 60.3 Å². The number of rotatable bonds is 4. The first kappa shape index (κ1) is 22.0. The van der Waals surface area contributed by atoms with Crippen LogP contribution in [0.1, 0.15) is 11.1 Å². The van der Waals surface area contributed by atoms with E-state index in [1.807, 2.05) is 37.2 Å². The fourth-order valence-electron chi connectivity index (χ4n) is 3.24. The topological polar surface area (TPSA) is 75.0 Å². The van der Waals surface area contributed by atoms with Gasteiger partial charge in [0, 0.05) is 39.9 Å². The molecular formula is C19H27IN6O2. The second-order valence-electron chi connectivity index (χ2n) is 6.54. The highest BCUT2D eigenvalue weighted by Gasteiger charge is 2.27. The Morgan fingerprint density at radius 3 is 2.71 bits per heavy atom. The van der Waals surface area contributed by atoms with Gasteiger partial charge < -0.3 is 19.9 Å². The molecule has 0 atom stereocenters. The van der Waals surface area contributed by atoms with Crippen molar-refractivity contribution in [1.29, 1.82) is 0 Å². The van der Waals surface area contributed by atoms with Crippen molar-refractivity contribution in [1.82, 2.24) is 20.0 Å². The number of piperazine rings is 1. The smallest absolute Gasteiger partial charge is 0.246 e. The van der Waals surface area contributed by atoms with Gasteiger partial charge in [-0.25, -0.2) is 0 Å². The minimum atomic E-state index is 0. The van der Waals surface area contributed by atoms with E-state index in [9.17, 15) is 4.79 Å². The third-order valence-electron chi connectivity index (χ3n) is 4.64. The summed E-state index contributed by atoms with van der Waals surface area (Å²) in [6.45, 7) is 4.26. The number of anilines is 1. The zero-order valence-corrected chi connectivity index (χ0v) is 19.0. The number of carbonyl (C=O) groups is 1. The molecule has 0 spiro atoms. The molecule has 1 saturated heterocycles. The normalized spacial score (nSPS) is 14.7. The van der Waals surface area contributed by atoms with Gasteiger partial charge in [-0.05, 0) is 24.1 Å². The molecule has 28 heavy (non-hydrogen) atoms. The summed E-state index contributed by atoms with van der Waals surface area (Å²) in [4.78, 5) is 20.7. The van der Waals surface area contributed by atoms with Gasteiger partial charge in [-0.3, -0.25) is 14.5 Å². The fraction of sp³-hybridized carbons (Fsp3) is 0.421. The highest BCUT2D eigenvalue weighted by Crippen LogP contribution is 2.19. The predicted molar refractivity (Wildman–Crippen MR) is 120 cm³/mol. The second-order valence-corrected chi connectivity index (χ2v) is 6.54. The summed E-state index contributed by atoms with van der Waals surface area (Å²) >= 11 is 0. The van der Waals surface area contributed by atoms with E-state index in [2.05, 4.69) is 21.5 Å². The molecule has 0 aliphatic carbocycles. The molecule has 9 heteroatoms. The first-order valence-corrected chi connectivity index (χ1v) is 8.90. The quantitative estimate of drug-likeness (QED) is 0.396. The van der Waals surface area contributed by atoms with Crippen molar-refractivity contribution in [3.05, 3.63) is 41.7 Å². The second kappa shape index (κ2) is 9.76. The van der Waals surface area contributed by atoms with E-state index in [-0.39, 0.29) is 36.4 Å². The maximum Gasteiger partial charge on any atom is 0.246 e. The Hall–Kier alpha value is -2.30. The first-order valence-electron chi connectivity index (χ1n) is 8.90. The average molecular weight is 498 g/mol. The third kappa shape index (κ3) is 4.94. The molecule has 8 nitrogen and oxygen atoms in total.